The zero-order valence-electron chi connectivity index (χ0n) is 18.1. The number of aromatic nitrogens is 1. The lowest BCUT2D eigenvalue weighted by molar-refractivity contribution is 0.0263. The van der Waals surface area contributed by atoms with Gasteiger partial charge in [0.1, 0.15) is 11.7 Å². The van der Waals surface area contributed by atoms with E-state index in [1.165, 1.54) is 0 Å². The van der Waals surface area contributed by atoms with Gasteiger partial charge in [-0.2, -0.15) is 10.2 Å². The maximum absolute atomic E-state index is 12.4. The maximum atomic E-state index is 12.4. The van der Waals surface area contributed by atoms with Gasteiger partial charge in [0.2, 0.25) is 17.5 Å². The molecule has 160 valence electrons. The summed E-state index contributed by atoms with van der Waals surface area (Å²) in [6, 6.07) is 16.1. The molecule has 1 aromatic heterocycles. The molecule has 0 atom stereocenters. The molecule has 7 heteroatoms. The minimum absolute atomic E-state index is 0.258. The van der Waals surface area contributed by atoms with E-state index in [2.05, 4.69) is 11.1 Å². The van der Waals surface area contributed by atoms with Gasteiger partial charge >= 0.3 is 6.09 Å². The molecule has 1 fully saturated rings. The highest BCUT2D eigenvalue weighted by atomic mass is 16.6. The number of hydrogen-bond donors (Lipinski definition) is 0. The smallest absolute Gasteiger partial charge is 0.410 e. The lowest BCUT2D eigenvalue weighted by Crippen LogP contribution is -2.39. The number of hydrogen-bond acceptors (Lipinski definition) is 6. The Morgan fingerprint density at radius 1 is 1.10 bits per heavy atom. The summed E-state index contributed by atoms with van der Waals surface area (Å²) in [4.78, 5) is 20.6. The Bertz CT molecular complexity index is 1130. The number of anilines is 1. The highest BCUT2D eigenvalue weighted by molar-refractivity contribution is 5.94. The summed E-state index contributed by atoms with van der Waals surface area (Å²) in [5, 5.41) is 11.8. The van der Waals surface area contributed by atoms with Gasteiger partial charge in [0.15, 0.2) is 0 Å². The average molecular weight is 418 g/mol. The Kier molecular flexibility index (Phi) is 5.55. The molecule has 2 aromatic carbocycles. The fourth-order valence-electron chi connectivity index (χ4n) is 3.76. The minimum atomic E-state index is -0.532. The molecule has 4 rings (SSSR count). The summed E-state index contributed by atoms with van der Waals surface area (Å²) >= 11 is 0. The predicted octanol–water partition coefficient (Wildman–Crippen LogP) is 4.81. The van der Waals surface area contributed by atoms with Crippen LogP contribution in [0.25, 0.3) is 22.2 Å². The monoisotopic (exact) mass is 418 g/mol. The fraction of sp³-hybridized carbons (Fsp3) is 0.375. The van der Waals surface area contributed by atoms with E-state index in [-0.39, 0.29) is 11.8 Å². The van der Waals surface area contributed by atoms with Crippen molar-refractivity contribution < 1.29 is 13.9 Å². The van der Waals surface area contributed by atoms with E-state index in [1.54, 1.807) is 4.90 Å². The third kappa shape index (κ3) is 4.48. The van der Waals surface area contributed by atoms with E-state index in [1.807, 2.05) is 68.1 Å². The molecule has 1 saturated heterocycles. The third-order valence-corrected chi connectivity index (χ3v) is 5.17. The first-order valence-electron chi connectivity index (χ1n) is 10.5. The Balaban J connectivity index is 1.59. The first-order valence-corrected chi connectivity index (χ1v) is 10.5. The standard InChI is InChI=1S/C24H26N4O3/c1-24(2,3)31-23(29)28-13-7-12-27(14-15-28)22-20(16-25)26-21(30-22)19-11-6-9-17-8-4-5-10-18(17)19/h4-6,8-11H,7,12-15H2,1-3H3. The molecular weight excluding hydrogens is 392 g/mol. The molecule has 31 heavy (non-hydrogen) atoms. The number of ether oxygens (including phenoxy) is 1. The second-order valence-corrected chi connectivity index (χ2v) is 8.62. The Labute approximate surface area is 181 Å². The number of benzene rings is 2. The summed E-state index contributed by atoms with van der Waals surface area (Å²) in [6.45, 7) is 7.87. The molecule has 0 aliphatic carbocycles. The number of nitriles is 1. The molecular formula is C24H26N4O3. The molecule has 2 heterocycles. The van der Waals surface area contributed by atoms with Crippen molar-refractivity contribution in [3.63, 3.8) is 0 Å². The van der Waals surface area contributed by atoms with Crippen LogP contribution in [0.5, 0.6) is 0 Å². The molecule has 1 amide bonds. The van der Waals surface area contributed by atoms with Crippen molar-refractivity contribution in [2.45, 2.75) is 32.8 Å². The van der Waals surface area contributed by atoms with Crippen LogP contribution >= 0.6 is 0 Å². The number of nitrogens with zero attached hydrogens (tertiary/aromatic N) is 4. The van der Waals surface area contributed by atoms with E-state index in [0.717, 1.165) is 22.8 Å². The molecule has 0 radical (unpaired) electrons. The van der Waals surface area contributed by atoms with Crippen LogP contribution in [-0.4, -0.2) is 47.8 Å². The molecule has 0 bridgehead atoms. The molecule has 0 unspecified atom stereocenters. The predicted molar refractivity (Wildman–Crippen MR) is 119 cm³/mol. The van der Waals surface area contributed by atoms with Crippen molar-refractivity contribution >= 4 is 22.7 Å². The molecule has 1 aliphatic rings. The SMILES string of the molecule is CC(C)(C)OC(=O)N1CCCN(c2oc(-c3cccc4ccccc34)nc2C#N)CC1. The van der Waals surface area contributed by atoms with Crippen molar-refractivity contribution in [2.75, 3.05) is 31.1 Å². The van der Waals surface area contributed by atoms with E-state index in [0.29, 0.717) is 38.0 Å². The van der Waals surface area contributed by atoms with Crippen molar-refractivity contribution in [1.82, 2.24) is 9.88 Å². The summed E-state index contributed by atoms with van der Waals surface area (Å²) < 4.78 is 11.6. The second kappa shape index (κ2) is 8.31. The van der Waals surface area contributed by atoms with Crippen molar-refractivity contribution in [3.05, 3.63) is 48.2 Å². The lowest BCUT2D eigenvalue weighted by Gasteiger charge is -2.26. The summed E-state index contributed by atoms with van der Waals surface area (Å²) in [5.74, 6) is 0.882. The molecule has 0 spiro atoms. The zero-order valence-corrected chi connectivity index (χ0v) is 18.1. The van der Waals surface area contributed by atoms with E-state index >= 15 is 0 Å². The summed E-state index contributed by atoms with van der Waals surface area (Å²) in [5.41, 5.74) is 0.578. The van der Waals surface area contributed by atoms with Gasteiger partial charge in [0, 0.05) is 31.7 Å². The van der Waals surface area contributed by atoms with Gasteiger partial charge in [-0.15, -0.1) is 0 Å². The van der Waals surface area contributed by atoms with Crippen LogP contribution in [0.3, 0.4) is 0 Å². The van der Waals surface area contributed by atoms with Crippen LogP contribution < -0.4 is 4.90 Å². The van der Waals surface area contributed by atoms with Crippen LogP contribution in [0.4, 0.5) is 10.7 Å². The quantitative estimate of drug-likeness (QED) is 0.594. The van der Waals surface area contributed by atoms with E-state index in [4.69, 9.17) is 9.15 Å². The van der Waals surface area contributed by atoms with Crippen LogP contribution in [0.2, 0.25) is 0 Å². The van der Waals surface area contributed by atoms with Gasteiger partial charge in [-0.25, -0.2) is 4.79 Å². The Morgan fingerprint density at radius 2 is 1.87 bits per heavy atom. The van der Waals surface area contributed by atoms with Gasteiger partial charge in [0.25, 0.3) is 0 Å². The summed E-state index contributed by atoms with van der Waals surface area (Å²) in [7, 11) is 0. The van der Waals surface area contributed by atoms with Crippen LogP contribution in [0, 0.1) is 11.3 Å². The van der Waals surface area contributed by atoms with E-state index < -0.39 is 5.60 Å². The third-order valence-electron chi connectivity index (χ3n) is 5.17. The number of rotatable bonds is 2. The molecule has 7 nitrogen and oxygen atoms in total. The van der Waals surface area contributed by atoms with Crippen LogP contribution in [0.1, 0.15) is 32.9 Å². The van der Waals surface area contributed by atoms with Crippen molar-refractivity contribution in [2.24, 2.45) is 0 Å². The second-order valence-electron chi connectivity index (χ2n) is 8.62. The van der Waals surface area contributed by atoms with Gasteiger partial charge in [-0.1, -0.05) is 36.4 Å². The molecule has 3 aromatic rings. The highest BCUT2D eigenvalue weighted by Crippen LogP contribution is 2.33. The normalized spacial score (nSPS) is 14.9. The maximum Gasteiger partial charge on any atom is 0.410 e. The summed E-state index contributed by atoms with van der Waals surface area (Å²) in [6.07, 6.45) is 0.429. The largest absolute Gasteiger partial charge is 0.444 e. The number of oxazole rings is 1. The first-order chi connectivity index (χ1) is 14.9. The lowest BCUT2D eigenvalue weighted by atomic mass is 10.0. The van der Waals surface area contributed by atoms with Gasteiger partial charge < -0.3 is 19.0 Å². The minimum Gasteiger partial charge on any atom is -0.444 e. The van der Waals surface area contributed by atoms with Crippen LogP contribution in [0.15, 0.2) is 46.9 Å². The molecule has 1 aliphatic heterocycles. The topological polar surface area (TPSA) is 82.6 Å². The number of carbonyl (C=O) groups excluding carboxylic acids is 1. The van der Waals surface area contributed by atoms with Crippen molar-refractivity contribution in [1.29, 1.82) is 5.26 Å². The first kappa shape index (κ1) is 20.7. The fourth-order valence-corrected chi connectivity index (χ4v) is 3.76. The van der Waals surface area contributed by atoms with Crippen LogP contribution in [-0.2, 0) is 4.74 Å². The number of fused-ring (bicyclic) bond motifs is 1. The van der Waals surface area contributed by atoms with Gasteiger partial charge in [0.05, 0.1) is 0 Å². The van der Waals surface area contributed by atoms with E-state index in [9.17, 15) is 10.1 Å². The van der Waals surface area contributed by atoms with Gasteiger partial charge in [-0.05, 0) is 44.0 Å². The number of amides is 1. The molecule has 0 saturated carbocycles. The highest BCUT2D eigenvalue weighted by Gasteiger charge is 2.27. The Hall–Kier alpha value is -3.53. The van der Waals surface area contributed by atoms with Crippen molar-refractivity contribution in [3.8, 4) is 17.5 Å². The average Bonchev–Trinajstić information content (AvgIpc) is 3.01. The number of carbonyl (C=O) groups is 1. The molecule has 0 N–H and O–H groups in total. The van der Waals surface area contributed by atoms with Gasteiger partial charge in [-0.3, -0.25) is 0 Å². The zero-order chi connectivity index (χ0) is 22.0. The Morgan fingerprint density at radius 3 is 2.65 bits per heavy atom.